The topological polar surface area (TPSA) is 70.7 Å². The zero-order valence-electron chi connectivity index (χ0n) is 17.2. The van der Waals surface area contributed by atoms with Gasteiger partial charge in [0.1, 0.15) is 11.5 Å². The van der Waals surface area contributed by atoms with Gasteiger partial charge in [-0.3, -0.25) is 4.79 Å². The Morgan fingerprint density at radius 1 is 0.774 bits per heavy atom. The number of piperidine rings is 1. The Morgan fingerprint density at radius 2 is 1.35 bits per heavy atom. The quantitative estimate of drug-likeness (QED) is 0.622. The Balaban J connectivity index is 1.23. The predicted molar refractivity (Wildman–Crippen MR) is 120 cm³/mol. The van der Waals surface area contributed by atoms with Gasteiger partial charge in [0.05, 0.1) is 0 Å². The Kier molecular flexibility index (Phi) is 6.47. The molecular formula is C25H25N3O3. The highest BCUT2D eigenvalue weighted by atomic mass is 16.5. The van der Waals surface area contributed by atoms with Crippen molar-refractivity contribution < 1.29 is 14.3 Å². The number of para-hydroxylation sites is 1. The van der Waals surface area contributed by atoms with Gasteiger partial charge in [0.25, 0.3) is 5.91 Å². The second kappa shape index (κ2) is 9.80. The molecule has 3 aromatic rings. The summed E-state index contributed by atoms with van der Waals surface area (Å²) in [6, 6.07) is 25.9. The minimum atomic E-state index is -0.246. The van der Waals surface area contributed by atoms with E-state index >= 15 is 0 Å². The van der Waals surface area contributed by atoms with Gasteiger partial charge in [0.2, 0.25) is 0 Å². The maximum atomic E-state index is 12.5. The first kappa shape index (κ1) is 20.5. The minimum Gasteiger partial charge on any atom is -0.457 e. The van der Waals surface area contributed by atoms with Gasteiger partial charge in [0, 0.05) is 30.4 Å². The van der Waals surface area contributed by atoms with Gasteiger partial charge in [0.15, 0.2) is 0 Å². The number of hydrogen-bond acceptors (Lipinski definition) is 3. The SMILES string of the molecule is O=C(Nc1ccc(Oc2ccccc2)cc1)NC1CCN(C(=O)c2ccccc2)CC1. The lowest BCUT2D eigenvalue weighted by molar-refractivity contribution is 0.0709. The Bertz CT molecular complexity index is 999. The van der Waals surface area contributed by atoms with Gasteiger partial charge < -0.3 is 20.3 Å². The van der Waals surface area contributed by atoms with Gasteiger partial charge in [-0.25, -0.2) is 4.79 Å². The molecule has 158 valence electrons. The number of nitrogens with one attached hydrogen (secondary N) is 2. The monoisotopic (exact) mass is 415 g/mol. The van der Waals surface area contributed by atoms with Crippen molar-refractivity contribution in [2.45, 2.75) is 18.9 Å². The van der Waals surface area contributed by atoms with Crippen molar-refractivity contribution >= 4 is 17.6 Å². The molecule has 1 heterocycles. The van der Waals surface area contributed by atoms with Crippen molar-refractivity contribution in [3.8, 4) is 11.5 Å². The molecule has 1 aliphatic rings. The van der Waals surface area contributed by atoms with Crippen molar-refractivity contribution in [2.24, 2.45) is 0 Å². The van der Waals surface area contributed by atoms with Crippen molar-refractivity contribution in [2.75, 3.05) is 18.4 Å². The minimum absolute atomic E-state index is 0.0421. The molecule has 3 aromatic carbocycles. The highest BCUT2D eigenvalue weighted by molar-refractivity contribution is 5.94. The standard InChI is InChI=1S/C25H25N3O3/c29-24(19-7-3-1-4-8-19)28-17-15-21(16-18-28)27-25(30)26-20-11-13-23(14-12-20)31-22-9-5-2-6-10-22/h1-14,21H,15-18H2,(H2,26,27,30). The fraction of sp³-hybridized carbons (Fsp3) is 0.200. The molecule has 31 heavy (non-hydrogen) atoms. The highest BCUT2D eigenvalue weighted by Crippen LogP contribution is 2.22. The van der Waals surface area contributed by atoms with Gasteiger partial charge in [-0.1, -0.05) is 36.4 Å². The van der Waals surface area contributed by atoms with Gasteiger partial charge in [-0.05, 0) is 61.4 Å². The summed E-state index contributed by atoms with van der Waals surface area (Å²) in [7, 11) is 0. The molecule has 1 fully saturated rings. The molecule has 0 radical (unpaired) electrons. The third-order valence-corrected chi connectivity index (χ3v) is 5.23. The molecule has 1 aliphatic heterocycles. The summed E-state index contributed by atoms with van der Waals surface area (Å²) >= 11 is 0. The van der Waals surface area contributed by atoms with Crippen LogP contribution in [-0.4, -0.2) is 36.0 Å². The number of urea groups is 1. The van der Waals surface area contributed by atoms with Crippen LogP contribution >= 0.6 is 0 Å². The maximum absolute atomic E-state index is 12.5. The van der Waals surface area contributed by atoms with E-state index in [-0.39, 0.29) is 18.0 Å². The zero-order chi connectivity index (χ0) is 21.5. The summed E-state index contributed by atoms with van der Waals surface area (Å²) in [5.41, 5.74) is 1.39. The molecular weight excluding hydrogens is 390 g/mol. The normalized spacial score (nSPS) is 14.0. The summed E-state index contributed by atoms with van der Waals surface area (Å²) in [5.74, 6) is 1.51. The molecule has 0 unspecified atom stereocenters. The Hall–Kier alpha value is -3.80. The van der Waals surface area contributed by atoms with Crippen LogP contribution in [0, 0.1) is 0 Å². The fourth-order valence-corrected chi connectivity index (χ4v) is 3.57. The second-order valence-corrected chi connectivity index (χ2v) is 7.47. The van der Waals surface area contributed by atoms with Crippen LogP contribution in [-0.2, 0) is 0 Å². The number of carbonyl (C=O) groups is 2. The lowest BCUT2D eigenvalue weighted by Gasteiger charge is -2.32. The van der Waals surface area contributed by atoms with E-state index in [4.69, 9.17) is 4.74 Å². The lowest BCUT2D eigenvalue weighted by atomic mass is 10.0. The van der Waals surface area contributed by atoms with E-state index in [9.17, 15) is 9.59 Å². The summed E-state index contributed by atoms with van der Waals surface area (Å²) in [6.45, 7) is 1.26. The van der Waals surface area contributed by atoms with Gasteiger partial charge >= 0.3 is 6.03 Å². The number of ether oxygens (including phenoxy) is 1. The molecule has 0 aromatic heterocycles. The van der Waals surface area contributed by atoms with Crippen LogP contribution < -0.4 is 15.4 Å². The summed E-state index contributed by atoms with van der Waals surface area (Å²) < 4.78 is 5.76. The van der Waals surface area contributed by atoms with E-state index in [0.29, 0.717) is 30.1 Å². The number of rotatable bonds is 5. The number of likely N-dealkylation sites (tertiary alicyclic amines) is 1. The van der Waals surface area contributed by atoms with E-state index in [0.717, 1.165) is 18.6 Å². The summed E-state index contributed by atoms with van der Waals surface area (Å²) in [6.07, 6.45) is 1.46. The van der Waals surface area contributed by atoms with E-state index in [1.165, 1.54) is 0 Å². The molecule has 0 bridgehead atoms. The van der Waals surface area contributed by atoms with Crippen molar-refractivity contribution in [1.29, 1.82) is 0 Å². The fourth-order valence-electron chi connectivity index (χ4n) is 3.57. The number of hydrogen-bond donors (Lipinski definition) is 2. The van der Waals surface area contributed by atoms with Crippen LogP contribution in [0.2, 0.25) is 0 Å². The molecule has 0 spiro atoms. The van der Waals surface area contributed by atoms with Crippen molar-refractivity contribution in [3.63, 3.8) is 0 Å². The van der Waals surface area contributed by atoms with Crippen LogP contribution in [0.3, 0.4) is 0 Å². The molecule has 4 rings (SSSR count). The van der Waals surface area contributed by atoms with Gasteiger partial charge in [-0.15, -0.1) is 0 Å². The van der Waals surface area contributed by atoms with Crippen LogP contribution in [0.1, 0.15) is 23.2 Å². The average Bonchev–Trinajstić information content (AvgIpc) is 2.82. The molecule has 2 N–H and O–H groups in total. The number of amides is 3. The van der Waals surface area contributed by atoms with Crippen LogP contribution in [0.4, 0.5) is 10.5 Å². The van der Waals surface area contributed by atoms with Crippen LogP contribution in [0.5, 0.6) is 11.5 Å². The first-order valence-electron chi connectivity index (χ1n) is 10.4. The third-order valence-electron chi connectivity index (χ3n) is 5.23. The summed E-state index contributed by atoms with van der Waals surface area (Å²) in [5, 5.41) is 5.86. The maximum Gasteiger partial charge on any atom is 0.319 e. The number of benzene rings is 3. The lowest BCUT2D eigenvalue weighted by Crippen LogP contribution is -2.47. The van der Waals surface area contributed by atoms with E-state index in [1.807, 2.05) is 77.7 Å². The number of carbonyl (C=O) groups excluding carboxylic acids is 2. The molecule has 6 nitrogen and oxygen atoms in total. The van der Waals surface area contributed by atoms with Crippen LogP contribution in [0.15, 0.2) is 84.9 Å². The van der Waals surface area contributed by atoms with Gasteiger partial charge in [-0.2, -0.15) is 0 Å². The molecule has 1 saturated heterocycles. The van der Waals surface area contributed by atoms with Crippen molar-refractivity contribution in [1.82, 2.24) is 10.2 Å². The molecule has 0 aliphatic carbocycles. The van der Waals surface area contributed by atoms with Crippen molar-refractivity contribution in [3.05, 3.63) is 90.5 Å². The molecule has 0 saturated carbocycles. The highest BCUT2D eigenvalue weighted by Gasteiger charge is 2.24. The number of anilines is 1. The number of nitrogens with zero attached hydrogens (tertiary/aromatic N) is 1. The Labute approximate surface area is 181 Å². The summed E-state index contributed by atoms with van der Waals surface area (Å²) in [4.78, 5) is 26.7. The Morgan fingerprint density at radius 3 is 2.00 bits per heavy atom. The molecule has 0 atom stereocenters. The van der Waals surface area contributed by atoms with E-state index < -0.39 is 0 Å². The first-order chi connectivity index (χ1) is 15.2. The molecule has 3 amide bonds. The smallest absolute Gasteiger partial charge is 0.319 e. The second-order valence-electron chi connectivity index (χ2n) is 7.47. The van der Waals surface area contributed by atoms with E-state index in [2.05, 4.69) is 10.6 Å². The largest absolute Gasteiger partial charge is 0.457 e. The average molecular weight is 415 g/mol. The third kappa shape index (κ3) is 5.63. The van der Waals surface area contributed by atoms with E-state index in [1.54, 1.807) is 12.1 Å². The van der Waals surface area contributed by atoms with Crippen LogP contribution in [0.25, 0.3) is 0 Å². The first-order valence-corrected chi connectivity index (χ1v) is 10.4. The predicted octanol–water partition coefficient (Wildman–Crippen LogP) is 4.91. The molecule has 6 heteroatoms. The zero-order valence-corrected chi connectivity index (χ0v) is 17.2.